The first-order chi connectivity index (χ1) is 9.69. The van der Waals surface area contributed by atoms with Gasteiger partial charge in [0, 0.05) is 18.3 Å². The van der Waals surface area contributed by atoms with Crippen LogP contribution in [0.3, 0.4) is 0 Å². The zero-order chi connectivity index (χ0) is 14.5. The number of aliphatic hydroxyl groups excluding tert-OH is 1. The van der Waals surface area contributed by atoms with Crippen molar-refractivity contribution in [3.63, 3.8) is 0 Å². The van der Waals surface area contributed by atoms with E-state index in [0.717, 1.165) is 25.9 Å². The first kappa shape index (κ1) is 15.3. The van der Waals surface area contributed by atoms with Crippen LogP contribution in [0.5, 0.6) is 0 Å². The van der Waals surface area contributed by atoms with Gasteiger partial charge in [0.1, 0.15) is 0 Å². The van der Waals surface area contributed by atoms with Gasteiger partial charge in [0.25, 0.3) is 0 Å². The van der Waals surface area contributed by atoms with Gasteiger partial charge in [0.05, 0.1) is 12.6 Å². The number of hydrogen-bond donors (Lipinski definition) is 2. The van der Waals surface area contributed by atoms with Crippen LogP contribution >= 0.6 is 0 Å². The molecule has 112 valence electrons. The predicted octanol–water partition coefficient (Wildman–Crippen LogP) is 2.95. The molecule has 1 aromatic carbocycles. The molecule has 1 aliphatic rings. The van der Waals surface area contributed by atoms with E-state index in [1.807, 2.05) is 0 Å². The maximum absolute atomic E-state index is 9.68. The fourth-order valence-electron chi connectivity index (χ4n) is 3.17. The lowest BCUT2D eigenvalue weighted by Gasteiger charge is -2.31. The Morgan fingerprint density at radius 2 is 2.15 bits per heavy atom. The number of hydrogen-bond acceptors (Lipinski definition) is 3. The maximum atomic E-state index is 9.68. The summed E-state index contributed by atoms with van der Waals surface area (Å²) in [5.41, 5.74) is 2.63. The molecule has 0 aliphatic carbocycles. The highest BCUT2D eigenvalue weighted by molar-refractivity contribution is 5.56. The summed E-state index contributed by atoms with van der Waals surface area (Å²) >= 11 is 0. The fraction of sp³-hybridized carbons (Fsp3) is 0.647. The van der Waals surface area contributed by atoms with Crippen molar-refractivity contribution in [2.45, 2.75) is 45.7 Å². The van der Waals surface area contributed by atoms with Crippen LogP contribution in [0.4, 0.5) is 5.69 Å². The minimum atomic E-state index is 0.242. The average molecular weight is 276 g/mol. The first-order valence-corrected chi connectivity index (χ1v) is 7.88. The Morgan fingerprint density at radius 3 is 2.85 bits per heavy atom. The Labute approximate surface area is 123 Å². The van der Waals surface area contributed by atoms with Crippen molar-refractivity contribution in [1.82, 2.24) is 5.32 Å². The molecule has 0 saturated carbocycles. The molecule has 3 unspecified atom stereocenters. The molecule has 1 heterocycles. The van der Waals surface area contributed by atoms with Crippen molar-refractivity contribution >= 4 is 5.69 Å². The highest BCUT2D eigenvalue weighted by Gasteiger charge is 2.32. The summed E-state index contributed by atoms with van der Waals surface area (Å²) in [7, 11) is 0. The zero-order valence-corrected chi connectivity index (χ0v) is 13.0. The van der Waals surface area contributed by atoms with Crippen molar-refractivity contribution in [2.24, 2.45) is 5.92 Å². The number of nitrogens with zero attached hydrogens (tertiary/aromatic N) is 1. The average Bonchev–Trinajstić information content (AvgIpc) is 2.85. The van der Waals surface area contributed by atoms with Gasteiger partial charge in [-0.1, -0.05) is 32.0 Å². The van der Waals surface area contributed by atoms with E-state index >= 15 is 0 Å². The minimum Gasteiger partial charge on any atom is -0.394 e. The molecule has 1 fully saturated rings. The smallest absolute Gasteiger partial charge is 0.0637 e. The molecule has 20 heavy (non-hydrogen) atoms. The normalized spacial score (nSPS) is 24.1. The fourth-order valence-corrected chi connectivity index (χ4v) is 3.17. The van der Waals surface area contributed by atoms with Gasteiger partial charge in [-0.2, -0.15) is 0 Å². The number of nitrogens with one attached hydrogen (secondary N) is 1. The van der Waals surface area contributed by atoms with Crippen LogP contribution in [-0.4, -0.2) is 30.8 Å². The van der Waals surface area contributed by atoms with Gasteiger partial charge >= 0.3 is 0 Å². The van der Waals surface area contributed by atoms with Gasteiger partial charge in [0.2, 0.25) is 0 Å². The highest BCUT2D eigenvalue weighted by Crippen LogP contribution is 2.34. The maximum Gasteiger partial charge on any atom is 0.0637 e. The standard InChI is InChI=1S/C17H28N2O/c1-4-10-18-14(3)15-7-5-6-8-16(15)19-11-9-13(2)17(19)12-20/h5-8,13-14,17-18,20H,4,9-12H2,1-3H3. The summed E-state index contributed by atoms with van der Waals surface area (Å²) < 4.78 is 0. The largest absolute Gasteiger partial charge is 0.394 e. The molecular weight excluding hydrogens is 248 g/mol. The molecule has 1 aromatic rings. The van der Waals surface area contributed by atoms with E-state index in [2.05, 4.69) is 55.3 Å². The van der Waals surface area contributed by atoms with Gasteiger partial charge in [0.15, 0.2) is 0 Å². The van der Waals surface area contributed by atoms with Gasteiger partial charge in [-0.05, 0) is 43.9 Å². The molecule has 1 saturated heterocycles. The van der Waals surface area contributed by atoms with Crippen LogP contribution < -0.4 is 10.2 Å². The number of anilines is 1. The van der Waals surface area contributed by atoms with Crippen LogP contribution in [0.1, 0.15) is 45.2 Å². The second kappa shape index (κ2) is 7.09. The molecule has 0 spiro atoms. The Bertz CT molecular complexity index is 421. The first-order valence-electron chi connectivity index (χ1n) is 7.88. The van der Waals surface area contributed by atoms with Crippen LogP contribution in [0.15, 0.2) is 24.3 Å². The summed E-state index contributed by atoms with van der Waals surface area (Å²) in [6.07, 6.45) is 2.31. The lowest BCUT2D eigenvalue weighted by molar-refractivity contribution is 0.244. The third-order valence-corrected chi connectivity index (χ3v) is 4.48. The number of para-hydroxylation sites is 1. The molecule has 3 heteroatoms. The Morgan fingerprint density at radius 1 is 1.40 bits per heavy atom. The summed E-state index contributed by atoms with van der Waals surface area (Å²) in [4.78, 5) is 2.39. The van der Waals surface area contributed by atoms with Gasteiger partial charge < -0.3 is 15.3 Å². The quantitative estimate of drug-likeness (QED) is 0.838. The third-order valence-electron chi connectivity index (χ3n) is 4.48. The lowest BCUT2D eigenvalue weighted by atomic mass is 10.0. The number of aliphatic hydroxyl groups is 1. The van der Waals surface area contributed by atoms with Gasteiger partial charge in [-0.15, -0.1) is 0 Å². The number of benzene rings is 1. The summed E-state index contributed by atoms with van der Waals surface area (Å²) in [6, 6.07) is 9.22. The van der Waals surface area contributed by atoms with Gasteiger partial charge in [-0.3, -0.25) is 0 Å². The Hall–Kier alpha value is -1.06. The van der Waals surface area contributed by atoms with Crippen LogP contribution in [0.2, 0.25) is 0 Å². The topological polar surface area (TPSA) is 35.5 Å². The molecule has 0 amide bonds. The molecule has 0 bridgehead atoms. The van der Waals surface area contributed by atoms with Crippen molar-refractivity contribution < 1.29 is 5.11 Å². The van der Waals surface area contributed by atoms with Crippen LogP contribution in [0, 0.1) is 5.92 Å². The Balaban J connectivity index is 2.23. The third kappa shape index (κ3) is 3.15. The van der Waals surface area contributed by atoms with E-state index in [0.29, 0.717) is 12.0 Å². The van der Waals surface area contributed by atoms with E-state index in [1.165, 1.54) is 11.3 Å². The molecule has 2 N–H and O–H groups in total. The highest BCUT2D eigenvalue weighted by atomic mass is 16.3. The second-order valence-corrected chi connectivity index (χ2v) is 5.94. The molecule has 1 aliphatic heterocycles. The molecule has 3 nitrogen and oxygen atoms in total. The SMILES string of the molecule is CCCNC(C)c1ccccc1N1CCC(C)C1CO. The van der Waals surface area contributed by atoms with Crippen LogP contribution in [-0.2, 0) is 0 Å². The van der Waals surface area contributed by atoms with E-state index in [4.69, 9.17) is 0 Å². The molecule has 0 aromatic heterocycles. The van der Waals surface area contributed by atoms with Gasteiger partial charge in [-0.25, -0.2) is 0 Å². The van der Waals surface area contributed by atoms with E-state index in [-0.39, 0.29) is 12.6 Å². The van der Waals surface area contributed by atoms with Crippen molar-refractivity contribution in [3.8, 4) is 0 Å². The van der Waals surface area contributed by atoms with E-state index < -0.39 is 0 Å². The summed E-state index contributed by atoms with van der Waals surface area (Å²) in [6.45, 7) is 8.98. The van der Waals surface area contributed by atoms with Crippen molar-refractivity contribution in [1.29, 1.82) is 0 Å². The summed E-state index contributed by atoms with van der Waals surface area (Å²) in [5.74, 6) is 0.562. The monoisotopic (exact) mass is 276 g/mol. The lowest BCUT2D eigenvalue weighted by Crippen LogP contribution is -2.36. The molecule has 3 atom stereocenters. The zero-order valence-electron chi connectivity index (χ0n) is 13.0. The Kier molecular flexibility index (Phi) is 5.44. The predicted molar refractivity (Wildman–Crippen MR) is 85.2 cm³/mol. The molecule has 0 radical (unpaired) electrons. The van der Waals surface area contributed by atoms with E-state index in [1.54, 1.807) is 0 Å². The molecule has 2 rings (SSSR count). The van der Waals surface area contributed by atoms with Crippen molar-refractivity contribution in [3.05, 3.63) is 29.8 Å². The number of rotatable bonds is 6. The minimum absolute atomic E-state index is 0.242. The molecular formula is C17H28N2O. The summed E-state index contributed by atoms with van der Waals surface area (Å²) in [5, 5.41) is 13.2. The van der Waals surface area contributed by atoms with Crippen molar-refractivity contribution in [2.75, 3.05) is 24.6 Å². The second-order valence-electron chi connectivity index (χ2n) is 5.94. The van der Waals surface area contributed by atoms with E-state index in [9.17, 15) is 5.11 Å². The van der Waals surface area contributed by atoms with Crippen LogP contribution in [0.25, 0.3) is 0 Å².